The number of methoxy groups -OCH3 is 1. The molecule has 0 saturated heterocycles. The molecule has 0 radical (unpaired) electrons. The number of hydrogen-bond donors (Lipinski definition) is 2. The summed E-state index contributed by atoms with van der Waals surface area (Å²) in [6.45, 7) is 0. The summed E-state index contributed by atoms with van der Waals surface area (Å²) in [5.41, 5.74) is 2.15. The Bertz CT molecular complexity index is 1210. The van der Waals surface area contributed by atoms with Crippen molar-refractivity contribution in [1.29, 1.82) is 0 Å². The highest BCUT2D eigenvalue weighted by molar-refractivity contribution is 6.06. The molecule has 0 bridgehead atoms. The van der Waals surface area contributed by atoms with Gasteiger partial charge in [-0.15, -0.1) is 10.2 Å². The number of rotatable bonds is 5. The number of benzene rings is 3. The Labute approximate surface area is 172 Å². The van der Waals surface area contributed by atoms with E-state index in [2.05, 4.69) is 20.8 Å². The summed E-state index contributed by atoms with van der Waals surface area (Å²) >= 11 is 0. The van der Waals surface area contributed by atoms with Crippen LogP contribution in [0.5, 0.6) is 0 Å². The number of nitrogens with zero attached hydrogens (tertiary/aromatic N) is 2. The minimum Gasteiger partial charge on any atom is -0.464 e. The van der Waals surface area contributed by atoms with Crippen LogP contribution in [-0.4, -0.2) is 29.2 Å². The Kier molecular flexibility index (Phi) is 5.34. The number of anilines is 3. The molecular formula is C23H18N4O3. The summed E-state index contributed by atoms with van der Waals surface area (Å²) in [5, 5.41) is 15.6. The molecule has 7 nitrogen and oxygen atoms in total. The third-order valence-electron chi connectivity index (χ3n) is 4.51. The molecule has 1 heterocycles. The van der Waals surface area contributed by atoms with Gasteiger partial charge < -0.3 is 15.4 Å². The van der Waals surface area contributed by atoms with Crippen LogP contribution in [0.4, 0.5) is 17.2 Å². The van der Waals surface area contributed by atoms with E-state index in [1.54, 1.807) is 30.3 Å². The Morgan fingerprint density at radius 3 is 2.13 bits per heavy atom. The number of esters is 1. The summed E-state index contributed by atoms with van der Waals surface area (Å²) in [6.07, 6.45) is 0. The van der Waals surface area contributed by atoms with Gasteiger partial charge in [0, 0.05) is 27.7 Å². The zero-order valence-corrected chi connectivity index (χ0v) is 16.1. The van der Waals surface area contributed by atoms with E-state index < -0.39 is 5.97 Å². The number of fused-ring (bicyclic) bond motifs is 1. The molecule has 0 fully saturated rings. The molecule has 7 heteroatoms. The average molecular weight is 398 g/mol. The minimum atomic E-state index is -0.543. The Morgan fingerprint density at radius 2 is 1.43 bits per heavy atom. The molecule has 1 amide bonds. The normalized spacial score (nSPS) is 10.4. The Hall–Kier alpha value is -4.26. The smallest absolute Gasteiger partial charge is 0.359 e. The van der Waals surface area contributed by atoms with Crippen LogP contribution in [0.1, 0.15) is 20.8 Å². The number of hydrogen-bond acceptors (Lipinski definition) is 6. The van der Waals surface area contributed by atoms with Crippen molar-refractivity contribution in [3.05, 3.63) is 90.1 Å². The highest BCUT2D eigenvalue weighted by atomic mass is 16.5. The monoisotopic (exact) mass is 398 g/mol. The largest absolute Gasteiger partial charge is 0.464 e. The van der Waals surface area contributed by atoms with Gasteiger partial charge in [0.15, 0.2) is 11.5 Å². The third kappa shape index (κ3) is 3.95. The topological polar surface area (TPSA) is 93.2 Å². The van der Waals surface area contributed by atoms with Crippen LogP contribution in [0.3, 0.4) is 0 Å². The van der Waals surface area contributed by atoms with E-state index in [1.165, 1.54) is 7.11 Å². The van der Waals surface area contributed by atoms with E-state index in [-0.39, 0.29) is 11.6 Å². The second kappa shape index (κ2) is 8.40. The maximum atomic E-state index is 12.4. The lowest BCUT2D eigenvalue weighted by Gasteiger charge is -2.11. The van der Waals surface area contributed by atoms with Crippen LogP contribution < -0.4 is 10.6 Å². The molecule has 30 heavy (non-hydrogen) atoms. The molecule has 148 valence electrons. The van der Waals surface area contributed by atoms with Crippen molar-refractivity contribution in [3.63, 3.8) is 0 Å². The first-order valence-corrected chi connectivity index (χ1v) is 9.23. The first-order valence-electron chi connectivity index (χ1n) is 9.23. The van der Waals surface area contributed by atoms with Crippen molar-refractivity contribution in [1.82, 2.24) is 10.2 Å². The zero-order chi connectivity index (χ0) is 20.9. The molecule has 0 aliphatic carbocycles. The van der Waals surface area contributed by atoms with Gasteiger partial charge in [0.25, 0.3) is 5.91 Å². The minimum absolute atomic E-state index is 0.159. The predicted molar refractivity (Wildman–Crippen MR) is 115 cm³/mol. The molecule has 4 rings (SSSR count). The van der Waals surface area contributed by atoms with Gasteiger partial charge >= 0.3 is 5.97 Å². The maximum absolute atomic E-state index is 12.4. The number of aromatic nitrogens is 2. The fourth-order valence-electron chi connectivity index (χ4n) is 3.01. The summed E-state index contributed by atoms with van der Waals surface area (Å²) in [6, 6.07) is 23.6. The fourth-order valence-corrected chi connectivity index (χ4v) is 3.01. The molecular weight excluding hydrogens is 380 g/mol. The van der Waals surface area contributed by atoms with E-state index in [4.69, 9.17) is 4.74 Å². The van der Waals surface area contributed by atoms with Gasteiger partial charge in [-0.1, -0.05) is 42.5 Å². The summed E-state index contributed by atoms with van der Waals surface area (Å²) < 4.78 is 4.78. The van der Waals surface area contributed by atoms with Crippen molar-refractivity contribution >= 4 is 39.8 Å². The number of ether oxygens (including phenoxy) is 1. The van der Waals surface area contributed by atoms with Gasteiger partial charge in [0.1, 0.15) is 0 Å². The quantitative estimate of drug-likeness (QED) is 0.484. The average Bonchev–Trinajstić information content (AvgIpc) is 2.80. The van der Waals surface area contributed by atoms with Crippen molar-refractivity contribution in [2.45, 2.75) is 0 Å². The van der Waals surface area contributed by atoms with E-state index >= 15 is 0 Å². The van der Waals surface area contributed by atoms with Gasteiger partial charge in [-0.05, 0) is 36.4 Å². The van der Waals surface area contributed by atoms with Gasteiger partial charge in [0.05, 0.1) is 7.11 Å². The number of para-hydroxylation sites is 1. The lowest BCUT2D eigenvalue weighted by Crippen LogP contribution is -2.11. The predicted octanol–water partition coefficient (Wildman–Crippen LogP) is 4.41. The van der Waals surface area contributed by atoms with Crippen LogP contribution in [0.15, 0.2) is 78.9 Å². The van der Waals surface area contributed by atoms with Crippen LogP contribution >= 0.6 is 0 Å². The van der Waals surface area contributed by atoms with Gasteiger partial charge in [0.2, 0.25) is 0 Å². The van der Waals surface area contributed by atoms with Gasteiger partial charge in [-0.3, -0.25) is 4.79 Å². The first kappa shape index (κ1) is 19.1. The summed E-state index contributed by atoms with van der Waals surface area (Å²) in [7, 11) is 1.31. The van der Waals surface area contributed by atoms with Gasteiger partial charge in [-0.25, -0.2) is 4.79 Å². The number of nitrogens with one attached hydrogen (secondary N) is 2. The molecule has 4 aromatic rings. The standard InChI is InChI=1S/C23H18N4O3/c1-30-23(29)20-18-9-5-6-10-19(18)21(27-26-20)24-17-13-11-15(12-14-17)22(28)25-16-7-3-2-4-8-16/h2-14H,1H3,(H,24,27)(H,25,28). The first-order chi connectivity index (χ1) is 14.7. The molecule has 0 aliphatic heterocycles. The van der Waals surface area contributed by atoms with E-state index in [0.717, 1.165) is 16.8 Å². The van der Waals surface area contributed by atoms with Crippen LogP contribution in [0.25, 0.3) is 10.8 Å². The Morgan fingerprint density at radius 1 is 0.767 bits per heavy atom. The third-order valence-corrected chi connectivity index (χ3v) is 4.51. The van der Waals surface area contributed by atoms with E-state index in [9.17, 15) is 9.59 Å². The SMILES string of the molecule is COC(=O)c1nnc(Nc2ccc(C(=O)Nc3ccccc3)cc2)c2ccccc12. The maximum Gasteiger partial charge on any atom is 0.359 e. The molecule has 0 aliphatic rings. The molecule has 0 unspecified atom stereocenters. The van der Waals surface area contributed by atoms with E-state index in [1.807, 2.05) is 48.5 Å². The molecule has 0 atom stereocenters. The molecule has 0 saturated carbocycles. The second-order valence-electron chi connectivity index (χ2n) is 6.46. The highest BCUT2D eigenvalue weighted by Gasteiger charge is 2.16. The van der Waals surface area contributed by atoms with Crippen LogP contribution in [-0.2, 0) is 4.74 Å². The molecule has 3 aromatic carbocycles. The zero-order valence-electron chi connectivity index (χ0n) is 16.1. The number of carbonyl (C=O) groups is 2. The van der Waals surface area contributed by atoms with Crippen molar-refractivity contribution in [3.8, 4) is 0 Å². The van der Waals surface area contributed by atoms with Crippen molar-refractivity contribution in [2.75, 3.05) is 17.7 Å². The highest BCUT2D eigenvalue weighted by Crippen LogP contribution is 2.26. The Balaban J connectivity index is 1.56. The summed E-state index contributed by atoms with van der Waals surface area (Å²) in [4.78, 5) is 24.3. The van der Waals surface area contributed by atoms with Crippen LogP contribution in [0, 0.1) is 0 Å². The van der Waals surface area contributed by atoms with Gasteiger partial charge in [-0.2, -0.15) is 0 Å². The summed E-state index contributed by atoms with van der Waals surface area (Å²) in [5.74, 6) is -0.237. The number of amides is 1. The van der Waals surface area contributed by atoms with E-state index in [0.29, 0.717) is 16.8 Å². The fraction of sp³-hybridized carbons (Fsp3) is 0.0435. The van der Waals surface area contributed by atoms with Crippen molar-refractivity contribution in [2.24, 2.45) is 0 Å². The van der Waals surface area contributed by atoms with Crippen LogP contribution in [0.2, 0.25) is 0 Å². The lowest BCUT2D eigenvalue weighted by molar-refractivity contribution is 0.0595. The molecule has 1 aromatic heterocycles. The second-order valence-corrected chi connectivity index (χ2v) is 6.46. The molecule has 2 N–H and O–H groups in total. The van der Waals surface area contributed by atoms with Crippen molar-refractivity contribution < 1.29 is 14.3 Å². The number of carbonyl (C=O) groups excluding carboxylic acids is 2. The molecule has 0 spiro atoms. The lowest BCUT2D eigenvalue weighted by atomic mass is 10.1.